The zero-order chi connectivity index (χ0) is 15.6. The SMILES string of the molecule is Fc1cccc(CN2CCC(c3[nH]nc4nccnc34)CC2)c1. The standard InChI is InChI=1S/C17H18FN5/c18-14-3-1-2-12(10-14)11-23-8-4-13(5-9-23)15-16-17(22-21-15)20-7-6-19-16/h1-3,6-7,10,13H,4-5,8-9,11H2,(H,20,21,22). The molecular weight excluding hydrogens is 293 g/mol. The van der Waals surface area contributed by atoms with Gasteiger partial charge in [-0.05, 0) is 43.6 Å². The van der Waals surface area contributed by atoms with Crippen LogP contribution >= 0.6 is 0 Å². The van der Waals surface area contributed by atoms with Crippen LogP contribution in [-0.4, -0.2) is 38.2 Å². The zero-order valence-corrected chi connectivity index (χ0v) is 12.7. The summed E-state index contributed by atoms with van der Waals surface area (Å²) in [6, 6.07) is 6.85. The van der Waals surface area contributed by atoms with Gasteiger partial charge in [0.1, 0.15) is 11.3 Å². The Morgan fingerprint density at radius 1 is 1.17 bits per heavy atom. The van der Waals surface area contributed by atoms with Gasteiger partial charge in [0.15, 0.2) is 5.65 Å². The van der Waals surface area contributed by atoms with Crippen LogP contribution in [0, 0.1) is 5.82 Å². The second kappa shape index (κ2) is 6.04. The van der Waals surface area contributed by atoms with Gasteiger partial charge in [-0.2, -0.15) is 5.10 Å². The number of hydrogen-bond donors (Lipinski definition) is 1. The molecule has 0 aliphatic carbocycles. The number of aromatic amines is 1. The maximum absolute atomic E-state index is 13.3. The third-order valence-electron chi connectivity index (χ3n) is 4.51. The van der Waals surface area contributed by atoms with Crippen LogP contribution in [0.2, 0.25) is 0 Å². The van der Waals surface area contributed by atoms with Crippen LogP contribution in [0.4, 0.5) is 4.39 Å². The zero-order valence-electron chi connectivity index (χ0n) is 12.7. The molecule has 6 heteroatoms. The minimum absolute atomic E-state index is 0.167. The third-order valence-corrected chi connectivity index (χ3v) is 4.51. The molecule has 1 aliphatic heterocycles. The molecule has 1 aliphatic rings. The molecule has 0 bridgehead atoms. The van der Waals surface area contributed by atoms with E-state index in [1.165, 1.54) is 6.07 Å². The van der Waals surface area contributed by atoms with Crippen LogP contribution in [0.15, 0.2) is 36.7 Å². The molecule has 0 spiro atoms. The predicted molar refractivity (Wildman–Crippen MR) is 85.3 cm³/mol. The van der Waals surface area contributed by atoms with Crippen molar-refractivity contribution >= 4 is 11.2 Å². The van der Waals surface area contributed by atoms with E-state index in [1.54, 1.807) is 24.5 Å². The first-order valence-electron chi connectivity index (χ1n) is 7.91. The van der Waals surface area contributed by atoms with Crippen molar-refractivity contribution in [2.45, 2.75) is 25.3 Å². The van der Waals surface area contributed by atoms with Crippen molar-refractivity contribution in [2.24, 2.45) is 0 Å². The minimum Gasteiger partial charge on any atom is -0.299 e. The summed E-state index contributed by atoms with van der Waals surface area (Å²) in [5.41, 5.74) is 3.69. The summed E-state index contributed by atoms with van der Waals surface area (Å²) in [4.78, 5) is 11.0. The lowest BCUT2D eigenvalue weighted by molar-refractivity contribution is 0.203. The number of rotatable bonds is 3. The van der Waals surface area contributed by atoms with Crippen molar-refractivity contribution < 1.29 is 4.39 Å². The number of aromatic nitrogens is 4. The van der Waals surface area contributed by atoms with Crippen LogP contribution in [0.3, 0.4) is 0 Å². The highest BCUT2D eigenvalue weighted by atomic mass is 19.1. The maximum Gasteiger partial charge on any atom is 0.199 e. The number of halogens is 1. The van der Waals surface area contributed by atoms with Gasteiger partial charge in [0.05, 0.1) is 5.69 Å². The number of piperidine rings is 1. The minimum atomic E-state index is -0.167. The van der Waals surface area contributed by atoms with Crippen LogP contribution in [-0.2, 0) is 6.54 Å². The van der Waals surface area contributed by atoms with Crippen molar-refractivity contribution in [3.8, 4) is 0 Å². The average Bonchev–Trinajstić information content (AvgIpc) is 3.00. The van der Waals surface area contributed by atoms with Gasteiger partial charge in [0.2, 0.25) is 0 Å². The van der Waals surface area contributed by atoms with Crippen LogP contribution in [0.5, 0.6) is 0 Å². The van der Waals surface area contributed by atoms with E-state index in [9.17, 15) is 4.39 Å². The van der Waals surface area contributed by atoms with E-state index in [-0.39, 0.29) is 5.82 Å². The lowest BCUT2D eigenvalue weighted by Crippen LogP contribution is -2.32. The van der Waals surface area contributed by atoms with Crippen molar-refractivity contribution in [2.75, 3.05) is 13.1 Å². The summed E-state index contributed by atoms with van der Waals surface area (Å²) in [7, 11) is 0. The fourth-order valence-corrected chi connectivity index (χ4v) is 3.33. The fourth-order valence-electron chi connectivity index (χ4n) is 3.33. The molecule has 0 saturated carbocycles. The molecule has 1 fully saturated rings. The largest absolute Gasteiger partial charge is 0.299 e. The van der Waals surface area contributed by atoms with E-state index >= 15 is 0 Å². The summed E-state index contributed by atoms with van der Waals surface area (Å²) >= 11 is 0. The first-order chi connectivity index (χ1) is 11.3. The van der Waals surface area contributed by atoms with Gasteiger partial charge in [0.25, 0.3) is 0 Å². The van der Waals surface area contributed by atoms with Gasteiger partial charge in [-0.1, -0.05) is 12.1 Å². The number of H-pyrrole nitrogens is 1. The topological polar surface area (TPSA) is 57.7 Å². The average molecular weight is 311 g/mol. The maximum atomic E-state index is 13.3. The third kappa shape index (κ3) is 2.94. The van der Waals surface area contributed by atoms with Crippen molar-refractivity contribution in [1.82, 2.24) is 25.1 Å². The van der Waals surface area contributed by atoms with Gasteiger partial charge >= 0.3 is 0 Å². The number of benzene rings is 1. The lowest BCUT2D eigenvalue weighted by atomic mass is 9.93. The van der Waals surface area contributed by atoms with E-state index in [2.05, 4.69) is 25.1 Å². The molecule has 4 rings (SSSR count). The summed E-state index contributed by atoms with van der Waals surface area (Å²) in [5.74, 6) is 0.264. The van der Waals surface area contributed by atoms with Crippen LogP contribution in [0.1, 0.15) is 30.0 Å². The summed E-state index contributed by atoms with van der Waals surface area (Å²) < 4.78 is 13.3. The quantitative estimate of drug-likeness (QED) is 0.808. The molecule has 3 aromatic rings. The Hall–Kier alpha value is -2.34. The second-order valence-electron chi connectivity index (χ2n) is 6.05. The molecule has 0 amide bonds. The van der Waals surface area contributed by atoms with Crippen molar-refractivity contribution in [3.05, 3.63) is 53.7 Å². The molecule has 5 nitrogen and oxygen atoms in total. The van der Waals surface area contributed by atoms with E-state index in [1.807, 2.05) is 6.07 Å². The lowest BCUT2D eigenvalue weighted by Gasteiger charge is -2.31. The molecule has 1 aromatic carbocycles. The van der Waals surface area contributed by atoms with Gasteiger partial charge in [0, 0.05) is 24.9 Å². The van der Waals surface area contributed by atoms with Gasteiger partial charge in [-0.15, -0.1) is 0 Å². The fraction of sp³-hybridized carbons (Fsp3) is 0.353. The Labute approximate surface area is 133 Å². The van der Waals surface area contributed by atoms with Gasteiger partial charge < -0.3 is 0 Å². The molecule has 2 aromatic heterocycles. The molecule has 1 N–H and O–H groups in total. The van der Waals surface area contributed by atoms with Crippen molar-refractivity contribution in [3.63, 3.8) is 0 Å². The van der Waals surface area contributed by atoms with Crippen molar-refractivity contribution in [1.29, 1.82) is 0 Å². The monoisotopic (exact) mass is 311 g/mol. The molecular formula is C17H18FN5. The molecule has 0 unspecified atom stereocenters. The Kier molecular flexibility index (Phi) is 3.75. The number of nitrogens with zero attached hydrogens (tertiary/aromatic N) is 4. The number of fused-ring (bicyclic) bond motifs is 1. The second-order valence-corrected chi connectivity index (χ2v) is 6.05. The highest BCUT2D eigenvalue weighted by Gasteiger charge is 2.24. The Morgan fingerprint density at radius 2 is 2.00 bits per heavy atom. The number of likely N-dealkylation sites (tertiary alicyclic amines) is 1. The molecule has 0 radical (unpaired) electrons. The molecule has 0 atom stereocenters. The van der Waals surface area contributed by atoms with Crippen LogP contribution in [0.25, 0.3) is 11.2 Å². The molecule has 1 saturated heterocycles. The Balaban J connectivity index is 1.43. The van der Waals surface area contributed by atoms with E-state index in [0.29, 0.717) is 11.6 Å². The smallest absolute Gasteiger partial charge is 0.199 e. The van der Waals surface area contributed by atoms with Gasteiger partial charge in [-0.3, -0.25) is 10.00 Å². The van der Waals surface area contributed by atoms with E-state index in [0.717, 1.165) is 49.2 Å². The van der Waals surface area contributed by atoms with E-state index < -0.39 is 0 Å². The Morgan fingerprint density at radius 3 is 2.83 bits per heavy atom. The predicted octanol–water partition coefficient (Wildman–Crippen LogP) is 2.87. The van der Waals surface area contributed by atoms with Gasteiger partial charge in [-0.25, -0.2) is 14.4 Å². The highest BCUT2D eigenvalue weighted by molar-refractivity contribution is 5.72. The summed E-state index contributed by atoms with van der Waals surface area (Å²) in [6.07, 6.45) is 5.46. The molecule has 3 heterocycles. The highest BCUT2D eigenvalue weighted by Crippen LogP contribution is 2.30. The number of hydrogen-bond acceptors (Lipinski definition) is 4. The number of nitrogens with one attached hydrogen (secondary N) is 1. The molecule has 118 valence electrons. The first-order valence-corrected chi connectivity index (χ1v) is 7.91. The Bertz CT molecular complexity index is 807. The van der Waals surface area contributed by atoms with E-state index in [4.69, 9.17) is 0 Å². The summed E-state index contributed by atoms with van der Waals surface area (Å²) in [5, 5.41) is 7.35. The first kappa shape index (κ1) is 14.3. The normalized spacial score (nSPS) is 16.9. The van der Waals surface area contributed by atoms with Crippen LogP contribution < -0.4 is 0 Å². The molecule has 23 heavy (non-hydrogen) atoms. The summed E-state index contributed by atoms with van der Waals surface area (Å²) in [6.45, 7) is 2.78.